The highest BCUT2D eigenvalue weighted by atomic mass is 32.2. The van der Waals surface area contributed by atoms with Gasteiger partial charge in [0.2, 0.25) is 5.16 Å². The van der Waals surface area contributed by atoms with Crippen LogP contribution in [-0.4, -0.2) is 49.1 Å². The number of hydrazone groups is 1. The summed E-state index contributed by atoms with van der Waals surface area (Å²) in [5.74, 6) is 0. The van der Waals surface area contributed by atoms with E-state index >= 15 is 0 Å². The number of rotatable bonds is 8. The monoisotopic (exact) mass is 549 g/mol. The van der Waals surface area contributed by atoms with Gasteiger partial charge in [-0.25, -0.2) is 9.82 Å². The number of hydrogen-bond acceptors (Lipinski definition) is 11. The number of sulfonamides is 1. The maximum Gasteiger partial charge on any atom is 0.276 e. The van der Waals surface area contributed by atoms with Gasteiger partial charge in [-0.15, -0.1) is 5.10 Å². The molecule has 1 N–H and O–H groups in total. The predicted octanol–water partition coefficient (Wildman–Crippen LogP) is 2.04. The number of tetrazole rings is 1. The van der Waals surface area contributed by atoms with Crippen molar-refractivity contribution in [1.29, 1.82) is 0 Å². The molecule has 2 aromatic carbocycles. The zero-order chi connectivity index (χ0) is 26.7. The van der Waals surface area contributed by atoms with E-state index in [4.69, 9.17) is 0 Å². The Hall–Kier alpha value is -4.96. The van der Waals surface area contributed by atoms with Crippen LogP contribution < -0.4 is 10.4 Å². The Balaban J connectivity index is 1.52. The summed E-state index contributed by atoms with van der Waals surface area (Å²) in [7, 11) is -4.27. The molecule has 0 spiro atoms. The van der Waals surface area contributed by atoms with Crippen LogP contribution in [0.15, 0.2) is 104 Å². The van der Waals surface area contributed by atoms with E-state index in [-0.39, 0.29) is 15.5 Å². The van der Waals surface area contributed by atoms with Gasteiger partial charge in [-0.2, -0.15) is 18.2 Å². The first-order valence-corrected chi connectivity index (χ1v) is 13.0. The second-order valence-corrected chi connectivity index (χ2v) is 10.1. The second kappa shape index (κ2) is 10.2. The van der Waals surface area contributed by atoms with E-state index in [0.29, 0.717) is 16.5 Å². The first kappa shape index (κ1) is 24.7. The van der Waals surface area contributed by atoms with Crippen LogP contribution in [0.25, 0.3) is 11.3 Å². The first-order valence-electron chi connectivity index (χ1n) is 10.7. The van der Waals surface area contributed by atoms with Crippen LogP contribution in [0.5, 0.6) is 0 Å². The number of nitrogens with one attached hydrogen (secondary N) is 1. The van der Waals surface area contributed by atoms with Crippen LogP contribution in [0.4, 0.5) is 5.69 Å². The second-order valence-electron chi connectivity index (χ2n) is 7.48. The summed E-state index contributed by atoms with van der Waals surface area (Å²) >= 11 is 0.990. The molecule has 5 aromatic rings. The van der Waals surface area contributed by atoms with Gasteiger partial charge in [-0.1, -0.05) is 30.3 Å². The van der Waals surface area contributed by atoms with Crippen LogP contribution in [0.1, 0.15) is 5.56 Å². The predicted molar refractivity (Wildman–Crippen MR) is 136 cm³/mol. The lowest BCUT2D eigenvalue weighted by molar-refractivity contribution is -0.385. The highest BCUT2D eigenvalue weighted by molar-refractivity contribution is 7.99. The summed E-state index contributed by atoms with van der Waals surface area (Å²) in [6.45, 7) is 0. The average molecular weight is 550 g/mol. The minimum atomic E-state index is -4.27. The van der Waals surface area contributed by atoms with Crippen molar-refractivity contribution in [2.45, 2.75) is 15.1 Å². The molecule has 5 rings (SSSR count). The van der Waals surface area contributed by atoms with Crippen molar-refractivity contribution in [2.24, 2.45) is 5.10 Å². The SMILES string of the molecule is O=c1c(C=NNS(=O)(=O)c2cccc([N+](=O)[O-])c2)c(Sc2nnnn2-c2ccccc2)nc2ccccn12. The average Bonchev–Trinajstić information content (AvgIpc) is 3.39. The summed E-state index contributed by atoms with van der Waals surface area (Å²) in [4.78, 5) is 29.7. The van der Waals surface area contributed by atoms with E-state index < -0.39 is 26.2 Å². The quantitative estimate of drug-likeness (QED) is 0.130. The molecule has 3 aromatic heterocycles. The molecule has 0 aliphatic rings. The number of aromatic nitrogens is 6. The number of nitro benzene ring substituents is 1. The molecule has 0 unspecified atom stereocenters. The van der Waals surface area contributed by atoms with Crippen molar-refractivity contribution in [3.63, 3.8) is 0 Å². The van der Waals surface area contributed by atoms with Crippen molar-refractivity contribution in [1.82, 2.24) is 34.4 Å². The van der Waals surface area contributed by atoms with E-state index in [1.54, 1.807) is 30.3 Å². The zero-order valence-corrected chi connectivity index (χ0v) is 20.7. The Bertz CT molecular complexity index is 1850. The van der Waals surface area contributed by atoms with Gasteiger partial charge < -0.3 is 0 Å². The van der Waals surface area contributed by atoms with E-state index in [0.717, 1.165) is 30.1 Å². The fourth-order valence-corrected chi connectivity index (χ4v) is 5.01. The Labute approximate surface area is 217 Å². The van der Waals surface area contributed by atoms with Crippen LogP contribution in [0.3, 0.4) is 0 Å². The van der Waals surface area contributed by atoms with Crippen molar-refractivity contribution in [2.75, 3.05) is 0 Å². The summed E-state index contributed by atoms with van der Waals surface area (Å²) in [5.41, 5.74) is 0.0624. The highest BCUT2D eigenvalue weighted by Crippen LogP contribution is 2.27. The van der Waals surface area contributed by atoms with Crippen LogP contribution in [0, 0.1) is 10.1 Å². The topological polar surface area (TPSA) is 180 Å². The van der Waals surface area contributed by atoms with Gasteiger partial charge in [0.15, 0.2) is 0 Å². The number of nitro groups is 1. The van der Waals surface area contributed by atoms with Crippen LogP contribution in [-0.2, 0) is 10.0 Å². The van der Waals surface area contributed by atoms with Gasteiger partial charge >= 0.3 is 0 Å². The number of fused-ring (bicyclic) bond motifs is 1. The molecular weight excluding hydrogens is 534 g/mol. The molecule has 0 saturated heterocycles. The maximum absolute atomic E-state index is 13.3. The van der Waals surface area contributed by atoms with Crippen molar-refractivity contribution < 1.29 is 13.3 Å². The fraction of sp³-hybridized carbons (Fsp3) is 0. The van der Waals surface area contributed by atoms with Crippen molar-refractivity contribution >= 4 is 39.3 Å². The molecule has 0 aliphatic carbocycles. The summed E-state index contributed by atoms with van der Waals surface area (Å²) in [5, 5.41) is 27.0. The summed E-state index contributed by atoms with van der Waals surface area (Å²) in [6, 6.07) is 18.6. The van der Waals surface area contributed by atoms with Crippen molar-refractivity contribution in [3.8, 4) is 5.69 Å². The molecule has 0 bridgehead atoms. The number of non-ortho nitro benzene ring substituents is 1. The van der Waals surface area contributed by atoms with E-state index in [9.17, 15) is 23.3 Å². The zero-order valence-electron chi connectivity index (χ0n) is 19.0. The Morgan fingerprint density at radius 1 is 1.05 bits per heavy atom. The third kappa shape index (κ3) is 4.97. The van der Waals surface area contributed by atoms with Gasteiger partial charge in [0.25, 0.3) is 21.3 Å². The molecule has 190 valence electrons. The molecule has 0 radical (unpaired) electrons. The number of benzene rings is 2. The maximum atomic E-state index is 13.3. The van der Waals surface area contributed by atoms with Gasteiger partial charge in [0, 0.05) is 18.3 Å². The Morgan fingerprint density at radius 2 is 1.84 bits per heavy atom. The lowest BCUT2D eigenvalue weighted by atomic mass is 10.3. The standard InChI is InChI=1S/C22H15N9O5S2/c32-21-18(14-23-28-38(35,36)17-10-6-9-16(13-17)31(33)34)20(24-19-11-4-5-12-29(19)21)37-22-25-26-27-30(22)15-7-2-1-3-8-15/h1-14,28H. The van der Waals surface area contributed by atoms with Gasteiger partial charge in [0.05, 0.1) is 27.3 Å². The number of pyridine rings is 1. The minimum Gasteiger partial charge on any atom is -0.268 e. The van der Waals surface area contributed by atoms with Crippen LogP contribution >= 0.6 is 11.8 Å². The van der Waals surface area contributed by atoms with Gasteiger partial charge in [0.1, 0.15) is 10.7 Å². The summed E-state index contributed by atoms with van der Waals surface area (Å²) < 4.78 is 28.1. The first-order chi connectivity index (χ1) is 18.3. The molecule has 16 heteroatoms. The molecule has 38 heavy (non-hydrogen) atoms. The minimum absolute atomic E-state index is 0.0388. The Morgan fingerprint density at radius 3 is 2.63 bits per heavy atom. The van der Waals surface area contributed by atoms with Crippen LogP contribution in [0.2, 0.25) is 0 Å². The lowest BCUT2D eigenvalue weighted by Gasteiger charge is -2.08. The van der Waals surface area contributed by atoms with E-state index in [2.05, 4.69) is 25.6 Å². The third-order valence-corrected chi connectivity index (χ3v) is 7.23. The smallest absolute Gasteiger partial charge is 0.268 e. The highest BCUT2D eigenvalue weighted by Gasteiger charge is 2.19. The van der Waals surface area contributed by atoms with E-state index in [1.807, 2.05) is 23.0 Å². The number of hydrogen-bond donors (Lipinski definition) is 1. The molecule has 0 amide bonds. The molecule has 3 heterocycles. The van der Waals surface area contributed by atoms with Crippen molar-refractivity contribution in [3.05, 3.63) is 105 Å². The normalized spacial score (nSPS) is 11.7. The summed E-state index contributed by atoms with van der Waals surface area (Å²) in [6.07, 6.45) is 2.53. The Kier molecular flexibility index (Phi) is 6.63. The molecule has 0 fully saturated rings. The third-order valence-electron chi connectivity index (χ3n) is 5.07. The molecule has 0 saturated carbocycles. The molecule has 0 atom stereocenters. The van der Waals surface area contributed by atoms with Gasteiger partial charge in [-0.05, 0) is 52.5 Å². The molecule has 14 nitrogen and oxygen atoms in total. The van der Waals surface area contributed by atoms with E-state index in [1.165, 1.54) is 27.4 Å². The molecular formula is C22H15N9O5S2. The number of nitrogens with zero attached hydrogens (tertiary/aromatic N) is 8. The largest absolute Gasteiger partial charge is 0.276 e. The van der Waals surface area contributed by atoms with Gasteiger partial charge in [-0.3, -0.25) is 19.3 Å². The molecule has 0 aliphatic heterocycles. The fourth-order valence-electron chi connectivity index (χ4n) is 3.31. The lowest BCUT2D eigenvalue weighted by Crippen LogP contribution is -2.23. The number of para-hydroxylation sites is 1.